The Labute approximate surface area is 105 Å². The van der Waals surface area contributed by atoms with Crippen molar-refractivity contribution in [2.45, 2.75) is 13.5 Å². The summed E-state index contributed by atoms with van der Waals surface area (Å²) in [6, 6.07) is 0. The van der Waals surface area contributed by atoms with Gasteiger partial charge in [0.25, 0.3) is 5.43 Å². The Kier molecular flexibility index (Phi) is 4.49. The minimum absolute atomic E-state index is 0.177. The average molecular weight is 310 g/mol. The molecule has 1 unspecified atom stereocenters. The molecule has 0 aliphatic heterocycles. The van der Waals surface area contributed by atoms with Crippen LogP contribution in [0.15, 0.2) is 21.7 Å². The van der Waals surface area contributed by atoms with Crippen molar-refractivity contribution in [2.75, 3.05) is 5.88 Å². The number of halogens is 2. The predicted octanol–water partition coefficient (Wildman–Crippen LogP) is 2.39. The Morgan fingerprint density at radius 3 is 2.75 bits per heavy atom. The summed E-state index contributed by atoms with van der Waals surface area (Å²) in [7, 11) is 0. The average Bonchev–Trinajstić information content (AvgIpc) is 2.22. The predicted molar refractivity (Wildman–Crippen MR) is 64.9 cm³/mol. The molecule has 1 aromatic heterocycles. The molecule has 1 heterocycles. The molecule has 1 rings (SSSR count). The summed E-state index contributed by atoms with van der Waals surface area (Å²) in [5.41, 5.74) is -1.05. The molecule has 1 aromatic rings. The molecule has 0 spiro atoms. The van der Waals surface area contributed by atoms with Crippen LogP contribution >= 0.6 is 27.5 Å². The number of rotatable bonds is 4. The Bertz CT molecular complexity index is 461. The van der Waals surface area contributed by atoms with Gasteiger partial charge in [0.05, 0.1) is 15.6 Å². The molecule has 0 amide bonds. The van der Waals surface area contributed by atoms with Gasteiger partial charge in [0.1, 0.15) is 0 Å². The molecule has 5 nitrogen and oxygen atoms in total. The van der Waals surface area contributed by atoms with Gasteiger partial charge in [0.2, 0.25) is 0 Å². The largest absolute Gasteiger partial charge is 0.347 e. The van der Waals surface area contributed by atoms with E-state index in [4.69, 9.17) is 11.6 Å². The van der Waals surface area contributed by atoms with Crippen molar-refractivity contribution in [2.24, 2.45) is 5.92 Å². The fourth-order valence-electron chi connectivity index (χ4n) is 1.22. The van der Waals surface area contributed by atoms with Crippen molar-refractivity contribution in [3.63, 3.8) is 0 Å². The third-order valence-corrected chi connectivity index (χ3v) is 3.09. The van der Waals surface area contributed by atoms with Crippen LogP contribution < -0.4 is 5.43 Å². The van der Waals surface area contributed by atoms with E-state index in [2.05, 4.69) is 15.9 Å². The van der Waals surface area contributed by atoms with E-state index in [1.807, 2.05) is 6.92 Å². The first-order valence-corrected chi connectivity index (χ1v) is 5.88. The zero-order chi connectivity index (χ0) is 12.3. The summed E-state index contributed by atoms with van der Waals surface area (Å²) in [5, 5.41) is 10.6. The summed E-state index contributed by atoms with van der Waals surface area (Å²) in [6.45, 7) is 2.45. The summed E-state index contributed by atoms with van der Waals surface area (Å²) in [6.07, 6.45) is 2.76. The van der Waals surface area contributed by atoms with Gasteiger partial charge in [-0.1, -0.05) is 6.92 Å². The van der Waals surface area contributed by atoms with Crippen molar-refractivity contribution in [3.8, 4) is 0 Å². The lowest BCUT2D eigenvalue weighted by Crippen LogP contribution is -2.16. The first-order valence-electron chi connectivity index (χ1n) is 4.55. The van der Waals surface area contributed by atoms with Gasteiger partial charge in [-0.05, 0) is 21.8 Å². The van der Waals surface area contributed by atoms with Gasteiger partial charge < -0.3 is 4.57 Å². The highest BCUT2D eigenvalue weighted by molar-refractivity contribution is 9.10. The Morgan fingerprint density at radius 2 is 2.25 bits per heavy atom. The molecule has 0 fully saturated rings. The number of nitro groups is 1. The number of hydrogen-bond acceptors (Lipinski definition) is 3. The van der Waals surface area contributed by atoms with Gasteiger partial charge in [0, 0.05) is 18.6 Å². The van der Waals surface area contributed by atoms with Gasteiger partial charge in [-0.3, -0.25) is 14.9 Å². The maximum Gasteiger partial charge on any atom is 0.333 e. The molecule has 0 aliphatic rings. The van der Waals surface area contributed by atoms with Crippen molar-refractivity contribution in [1.82, 2.24) is 4.57 Å². The van der Waals surface area contributed by atoms with Gasteiger partial charge in [0.15, 0.2) is 0 Å². The number of hydrogen-bond donors (Lipinski definition) is 0. The summed E-state index contributed by atoms with van der Waals surface area (Å²) in [5.74, 6) is 0.632. The van der Waals surface area contributed by atoms with Crippen molar-refractivity contribution >= 4 is 33.2 Å². The Hall–Kier alpha value is -0.880. The molecule has 0 radical (unpaired) electrons. The lowest BCUT2D eigenvalue weighted by Gasteiger charge is -2.10. The second kappa shape index (κ2) is 5.45. The Balaban J connectivity index is 3.14. The lowest BCUT2D eigenvalue weighted by molar-refractivity contribution is -0.386. The first kappa shape index (κ1) is 13.2. The van der Waals surface area contributed by atoms with Gasteiger partial charge in [-0.2, -0.15) is 0 Å². The molecule has 0 saturated heterocycles. The highest BCUT2D eigenvalue weighted by Gasteiger charge is 2.16. The van der Waals surface area contributed by atoms with Crippen LogP contribution in [0.25, 0.3) is 0 Å². The molecular formula is C9H10BrClN2O3. The smallest absolute Gasteiger partial charge is 0.333 e. The third kappa shape index (κ3) is 3.05. The second-order valence-corrected chi connectivity index (χ2v) is 4.70. The van der Waals surface area contributed by atoms with Crippen LogP contribution in [0.4, 0.5) is 5.69 Å². The van der Waals surface area contributed by atoms with Crippen LogP contribution in [0.1, 0.15) is 6.92 Å². The van der Waals surface area contributed by atoms with Crippen LogP contribution in [0.2, 0.25) is 0 Å². The van der Waals surface area contributed by atoms with Crippen molar-refractivity contribution < 1.29 is 4.92 Å². The summed E-state index contributed by atoms with van der Waals surface area (Å²) < 4.78 is 1.78. The van der Waals surface area contributed by atoms with E-state index in [9.17, 15) is 14.9 Å². The second-order valence-electron chi connectivity index (χ2n) is 3.53. The molecule has 0 saturated carbocycles. The first-order chi connectivity index (χ1) is 7.45. The highest BCUT2D eigenvalue weighted by Crippen LogP contribution is 2.12. The van der Waals surface area contributed by atoms with Gasteiger partial charge in [-0.25, -0.2) is 0 Å². The molecule has 16 heavy (non-hydrogen) atoms. The van der Waals surface area contributed by atoms with Gasteiger partial charge >= 0.3 is 5.69 Å². The normalized spacial score (nSPS) is 12.4. The van der Waals surface area contributed by atoms with Gasteiger partial charge in [-0.15, -0.1) is 11.6 Å². The molecule has 1 atom stereocenters. The molecule has 0 aromatic carbocycles. The van der Waals surface area contributed by atoms with E-state index >= 15 is 0 Å². The number of nitrogens with zero attached hydrogens (tertiary/aromatic N) is 2. The standard InChI is InChI=1S/C9H10BrClN2O3/c1-6(2-11)3-12-4-7(10)9(14)8(5-12)13(15)16/h4-6H,2-3H2,1H3. The minimum atomic E-state index is -0.686. The topological polar surface area (TPSA) is 65.1 Å². The van der Waals surface area contributed by atoms with Crippen molar-refractivity contribution in [3.05, 3.63) is 37.2 Å². The van der Waals surface area contributed by atoms with E-state index in [1.54, 1.807) is 4.57 Å². The van der Waals surface area contributed by atoms with Crippen LogP contribution in [-0.2, 0) is 6.54 Å². The molecule has 0 bridgehead atoms. The van der Waals surface area contributed by atoms with Crippen LogP contribution in [0.5, 0.6) is 0 Å². The quantitative estimate of drug-likeness (QED) is 0.487. The number of aromatic nitrogens is 1. The van der Waals surface area contributed by atoms with Crippen molar-refractivity contribution in [1.29, 1.82) is 0 Å². The third-order valence-electron chi connectivity index (χ3n) is 2.00. The van der Waals surface area contributed by atoms with E-state index < -0.39 is 16.0 Å². The molecule has 0 N–H and O–H groups in total. The summed E-state index contributed by atoms with van der Waals surface area (Å²) >= 11 is 8.66. The molecular weight excluding hydrogens is 299 g/mol. The SMILES string of the molecule is CC(CCl)Cn1cc(Br)c(=O)c([N+](=O)[O-])c1. The molecule has 7 heteroatoms. The van der Waals surface area contributed by atoms with E-state index in [1.165, 1.54) is 12.4 Å². The van der Waals surface area contributed by atoms with E-state index in [0.29, 0.717) is 12.4 Å². The summed E-state index contributed by atoms with van der Waals surface area (Å²) in [4.78, 5) is 21.3. The highest BCUT2D eigenvalue weighted by atomic mass is 79.9. The maximum atomic E-state index is 11.4. The van der Waals surface area contributed by atoms with Crippen LogP contribution in [0, 0.1) is 16.0 Å². The minimum Gasteiger partial charge on any atom is -0.347 e. The zero-order valence-corrected chi connectivity index (χ0v) is 10.9. The van der Waals surface area contributed by atoms with E-state index in [0.717, 1.165) is 0 Å². The fourth-order valence-corrected chi connectivity index (χ4v) is 1.79. The fraction of sp³-hybridized carbons (Fsp3) is 0.444. The molecule has 88 valence electrons. The van der Waals surface area contributed by atoms with Crippen LogP contribution in [-0.4, -0.2) is 15.4 Å². The zero-order valence-electron chi connectivity index (χ0n) is 8.52. The van der Waals surface area contributed by atoms with E-state index in [-0.39, 0.29) is 10.4 Å². The van der Waals surface area contributed by atoms with Crippen LogP contribution in [0.3, 0.4) is 0 Å². The lowest BCUT2D eigenvalue weighted by atomic mass is 10.2. The number of pyridine rings is 1. The molecule has 0 aliphatic carbocycles. The Morgan fingerprint density at radius 1 is 1.62 bits per heavy atom. The number of alkyl halides is 1. The maximum absolute atomic E-state index is 11.4. The monoisotopic (exact) mass is 308 g/mol.